The van der Waals surface area contributed by atoms with Gasteiger partial charge in [-0.3, -0.25) is 4.21 Å². The van der Waals surface area contributed by atoms with Gasteiger partial charge in [0.15, 0.2) is 0 Å². The van der Waals surface area contributed by atoms with Gasteiger partial charge >= 0.3 is 0 Å². The van der Waals surface area contributed by atoms with Crippen LogP contribution in [0.25, 0.3) is 0 Å². The zero-order chi connectivity index (χ0) is 8.81. The molecule has 1 atom stereocenters. The van der Waals surface area contributed by atoms with Gasteiger partial charge < -0.3 is 5.32 Å². The Balaban J connectivity index is 2.29. The van der Waals surface area contributed by atoms with E-state index in [0.29, 0.717) is 5.75 Å². The first kappa shape index (κ1) is 9.26. The van der Waals surface area contributed by atoms with Crippen molar-refractivity contribution in [3.63, 3.8) is 0 Å². The predicted octanol–water partition coefficient (Wildman–Crippen LogP) is 1.48. The van der Waals surface area contributed by atoms with E-state index < -0.39 is 10.8 Å². The van der Waals surface area contributed by atoms with Crippen molar-refractivity contribution in [2.45, 2.75) is 0 Å². The number of anilines is 1. The van der Waals surface area contributed by atoms with Crippen molar-refractivity contribution >= 4 is 16.5 Å². The van der Waals surface area contributed by atoms with Gasteiger partial charge in [-0.25, -0.2) is 0 Å². The molecule has 1 unspecified atom stereocenters. The maximum absolute atomic E-state index is 10.7. The number of para-hydroxylation sites is 1. The van der Waals surface area contributed by atoms with Crippen molar-refractivity contribution < 1.29 is 4.21 Å². The number of hydrogen-bond acceptors (Lipinski definition) is 2. The summed E-state index contributed by atoms with van der Waals surface area (Å²) in [5.41, 5.74) is 1.09. The molecule has 0 amide bonds. The minimum Gasteiger partial charge on any atom is -0.384 e. The summed E-state index contributed by atoms with van der Waals surface area (Å²) in [6, 6.07) is 9.93. The standard InChI is InChI=1S/C9H13NOS/c1-12(11)8-7-10-9-5-3-2-4-6-9/h2-6,10H,7-8H2,1H3. The molecule has 0 saturated carbocycles. The third-order valence-corrected chi connectivity index (χ3v) is 2.27. The fourth-order valence-corrected chi connectivity index (χ4v) is 1.28. The third-order valence-electron chi connectivity index (χ3n) is 1.49. The average molecular weight is 183 g/mol. The molecular weight excluding hydrogens is 170 g/mol. The highest BCUT2D eigenvalue weighted by atomic mass is 32.2. The van der Waals surface area contributed by atoms with Crippen LogP contribution in [0.2, 0.25) is 0 Å². The van der Waals surface area contributed by atoms with Crippen LogP contribution in [0, 0.1) is 0 Å². The Morgan fingerprint density at radius 1 is 1.33 bits per heavy atom. The highest BCUT2D eigenvalue weighted by Gasteiger charge is 1.91. The van der Waals surface area contributed by atoms with Crippen LogP contribution < -0.4 is 5.32 Å². The molecule has 2 nitrogen and oxygen atoms in total. The molecule has 0 heterocycles. The molecule has 0 aliphatic carbocycles. The summed E-state index contributed by atoms with van der Waals surface area (Å²) in [6.07, 6.45) is 1.71. The number of hydrogen-bond donors (Lipinski definition) is 1. The first-order valence-electron chi connectivity index (χ1n) is 3.88. The number of benzene rings is 1. The van der Waals surface area contributed by atoms with Gasteiger partial charge in [-0.05, 0) is 12.1 Å². The van der Waals surface area contributed by atoms with Crippen LogP contribution in [-0.4, -0.2) is 22.8 Å². The van der Waals surface area contributed by atoms with Gasteiger partial charge in [0.25, 0.3) is 0 Å². The second-order valence-electron chi connectivity index (χ2n) is 2.57. The number of nitrogens with one attached hydrogen (secondary N) is 1. The monoisotopic (exact) mass is 183 g/mol. The SMILES string of the molecule is CS(=O)CCNc1ccccc1. The second kappa shape index (κ2) is 4.93. The maximum atomic E-state index is 10.7. The van der Waals surface area contributed by atoms with Crippen LogP contribution in [0.1, 0.15) is 0 Å². The summed E-state index contributed by atoms with van der Waals surface area (Å²) < 4.78 is 10.7. The lowest BCUT2D eigenvalue weighted by Gasteiger charge is -2.03. The van der Waals surface area contributed by atoms with E-state index in [1.54, 1.807) is 6.26 Å². The molecule has 1 aromatic carbocycles. The Kier molecular flexibility index (Phi) is 3.80. The summed E-state index contributed by atoms with van der Waals surface area (Å²) in [6.45, 7) is 0.771. The molecule has 0 spiro atoms. The van der Waals surface area contributed by atoms with Gasteiger partial charge in [0.2, 0.25) is 0 Å². The first-order valence-corrected chi connectivity index (χ1v) is 5.61. The van der Waals surface area contributed by atoms with E-state index in [0.717, 1.165) is 12.2 Å². The van der Waals surface area contributed by atoms with E-state index in [1.807, 2.05) is 30.3 Å². The molecule has 3 heteroatoms. The van der Waals surface area contributed by atoms with Crippen molar-refractivity contribution in [2.75, 3.05) is 23.9 Å². The largest absolute Gasteiger partial charge is 0.384 e. The molecule has 0 fully saturated rings. The fraction of sp³-hybridized carbons (Fsp3) is 0.333. The first-order chi connectivity index (χ1) is 5.79. The predicted molar refractivity (Wildman–Crippen MR) is 53.9 cm³/mol. The van der Waals surface area contributed by atoms with Crippen molar-refractivity contribution in [1.29, 1.82) is 0 Å². The highest BCUT2D eigenvalue weighted by molar-refractivity contribution is 7.84. The normalized spacial score (nSPS) is 12.4. The van der Waals surface area contributed by atoms with Crippen LogP contribution in [-0.2, 0) is 10.8 Å². The van der Waals surface area contributed by atoms with Gasteiger partial charge in [0.05, 0.1) is 0 Å². The molecule has 1 aromatic rings. The van der Waals surface area contributed by atoms with Crippen molar-refractivity contribution in [3.05, 3.63) is 30.3 Å². The molecule has 0 aliphatic heterocycles. The molecule has 0 aromatic heterocycles. The summed E-state index contributed by atoms with van der Waals surface area (Å²) in [5, 5.41) is 3.18. The fourth-order valence-electron chi connectivity index (χ4n) is 0.895. The molecule has 66 valence electrons. The number of rotatable bonds is 4. The minimum atomic E-state index is -0.702. The van der Waals surface area contributed by atoms with Gasteiger partial charge in [-0.15, -0.1) is 0 Å². The summed E-state index contributed by atoms with van der Waals surface area (Å²) in [5.74, 6) is 0.703. The zero-order valence-electron chi connectivity index (χ0n) is 7.12. The Morgan fingerprint density at radius 2 is 2.00 bits per heavy atom. The van der Waals surface area contributed by atoms with E-state index in [2.05, 4.69) is 5.32 Å². The summed E-state index contributed by atoms with van der Waals surface area (Å²) >= 11 is 0. The van der Waals surface area contributed by atoms with Crippen LogP contribution in [0.5, 0.6) is 0 Å². The summed E-state index contributed by atoms with van der Waals surface area (Å²) in [7, 11) is -0.702. The molecule has 0 bridgehead atoms. The van der Waals surface area contributed by atoms with Gasteiger partial charge in [-0.2, -0.15) is 0 Å². The summed E-state index contributed by atoms with van der Waals surface area (Å²) in [4.78, 5) is 0. The van der Waals surface area contributed by atoms with Gasteiger partial charge in [0, 0.05) is 35.0 Å². The third kappa shape index (κ3) is 3.53. The van der Waals surface area contributed by atoms with Crippen molar-refractivity contribution in [3.8, 4) is 0 Å². The molecular formula is C9H13NOS. The topological polar surface area (TPSA) is 29.1 Å². The molecule has 12 heavy (non-hydrogen) atoms. The molecule has 1 N–H and O–H groups in total. The lowest BCUT2D eigenvalue weighted by molar-refractivity contribution is 0.687. The average Bonchev–Trinajstić information content (AvgIpc) is 2.05. The minimum absolute atomic E-state index is 0.702. The molecule has 0 radical (unpaired) electrons. The molecule has 1 rings (SSSR count). The van der Waals surface area contributed by atoms with E-state index >= 15 is 0 Å². The Labute approximate surface area is 75.5 Å². The van der Waals surface area contributed by atoms with E-state index in [9.17, 15) is 4.21 Å². The second-order valence-corrected chi connectivity index (χ2v) is 4.12. The highest BCUT2D eigenvalue weighted by Crippen LogP contribution is 2.03. The lowest BCUT2D eigenvalue weighted by atomic mass is 10.3. The van der Waals surface area contributed by atoms with E-state index in [4.69, 9.17) is 0 Å². The van der Waals surface area contributed by atoms with Crippen LogP contribution >= 0.6 is 0 Å². The van der Waals surface area contributed by atoms with Crippen LogP contribution in [0.4, 0.5) is 5.69 Å². The van der Waals surface area contributed by atoms with E-state index in [-0.39, 0.29) is 0 Å². The zero-order valence-corrected chi connectivity index (χ0v) is 7.93. The Bertz CT molecular complexity index is 248. The van der Waals surface area contributed by atoms with Crippen molar-refractivity contribution in [2.24, 2.45) is 0 Å². The molecule has 0 saturated heterocycles. The van der Waals surface area contributed by atoms with Crippen LogP contribution in [0.15, 0.2) is 30.3 Å². The lowest BCUT2D eigenvalue weighted by Crippen LogP contribution is -2.09. The van der Waals surface area contributed by atoms with Crippen LogP contribution in [0.3, 0.4) is 0 Å². The Morgan fingerprint density at radius 3 is 2.58 bits per heavy atom. The quantitative estimate of drug-likeness (QED) is 0.766. The van der Waals surface area contributed by atoms with Gasteiger partial charge in [-0.1, -0.05) is 18.2 Å². The van der Waals surface area contributed by atoms with Gasteiger partial charge in [0.1, 0.15) is 0 Å². The molecule has 0 aliphatic rings. The smallest absolute Gasteiger partial charge is 0.0405 e. The Hall–Kier alpha value is -0.830. The van der Waals surface area contributed by atoms with Crippen molar-refractivity contribution in [1.82, 2.24) is 0 Å². The maximum Gasteiger partial charge on any atom is 0.0405 e. The van der Waals surface area contributed by atoms with E-state index in [1.165, 1.54) is 0 Å².